The van der Waals surface area contributed by atoms with Gasteiger partial charge in [0.15, 0.2) is 11.5 Å². The number of halogens is 2. The van der Waals surface area contributed by atoms with E-state index >= 15 is 0 Å². The maximum atomic E-state index is 14.0. The van der Waals surface area contributed by atoms with Gasteiger partial charge in [-0.25, -0.2) is 9.37 Å². The van der Waals surface area contributed by atoms with Crippen LogP contribution in [0.2, 0.25) is 0 Å². The molecule has 100 valence electrons. The maximum Gasteiger partial charge on any atom is 0.295 e. The molecule has 1 N–H and O–H groups in total. The van der Waals surface area contributed by atoms with Crippen LogP contribution in [-0.2, 0) is 0 Å². The van der Waals surface area contributed by atoms with Crippen molar-refractivity contribution in [2.45, 2.75) is 0 Å². The predicted molar refractivity (Wildman–Crippen MR) is 73.0 cm³/mol. The number of rotatable bonds is 3. The van der Waals surface area contributed by atoms with Crippen LogP contribution in [0.1, 0.15) is 5.56 Å². The number of anilines is 2. The highest BCUT2D eigenvalue weighted by molar-refractivity contribution is 9.10. The van der Waals surface area contributed by atoms with Gasteiger partial charge < -0.3 is 5.32 Å². The average molecular weight is 337 g/mol. The Balaban J connectivity index is 2.44. The number of nitrogens with one attached hydrogen (secondary N) is 1. The largest absolute Gasteiger partial charge is 0.332 e. The van der Waals surface area contributed by atoms with Crippen molar-refractivity contribution in [3.63, 3.8) is 0 Å². The Hall–Kier alpha value is -2.53. The topological polar surface area (TPSA) is 91.8 Å². The molecular formula is C12H6BrFN4O2. The lowest BCUT2D eigenvalue weighted by molar-refractivity contribution is -0.384. The van der Waals surface area contributed by atoms with Gasteiger partial charge in [-0.05, 0) is 34.1 Å². The molecule has 0 amide bonds. The van der Waals surface area contributed by atoms with E-state index < -0.39 is 16.4 Å². The number of benzene rings is 1. The Bertz CT molecular complexity index is 713. The zero-order valence-electron chi connectivity index (χ0n) is 9.80. The molecule has 0 aliphatic carbocycles. The summed E-state index contributed by atoms with van der Waals surface area (Å²) < 4.78 is 14.1. The van der Waals surface area contributed by atoms with Gasteiger partial charge in [0.05, 0.1) is 15.0 Å². The van der Waals surface area contributed by atoms with Crippen molar-refractivity contribution in [1.29, 1.82) is 5.26 Å². The third-order valence-electron chi connectivity index (χ3n) is 2.42. The van der Waals surface area contributed by atoms with Crippen LogP contribution in [0.25, 0.3) is 0 Å². The molecule has 0 radical (unpaired) electrons. The van der Waals surface area contributed by atoms with Crippen LogP contribution in [-0.4, -0.2) is 9.91 Å². The molecule has 0 unspecified atom stereocenters. The first kappa shape index (κ1) is 13.9. The first-order chi connectivity index (χ1) is 9.52. The summed E-state index contributed by atoms with van der Waals surface area (Å²) >= 11 is 2.96. The van der Waals surface area contributed by atoms with Gasteiger partial charge in [-0.3, -0.25) is 10.1 Å². The van der Waals surface area contributed by atoms with E-state index in [1.807, 2.05) is 6.07 Å². The fraction of sp³-hybridized carbons (Fsp3) is 0. The monoisotopic (exact) mass is 336 g/mol. The lowest BCUT2D eigenvalue weighted by Gasteiger charge is -2.08. The van der Waals surface area contributed by atoms with Gasteiger partial charge in [-0.15, -0.1) is 0 Å². The summed E-state index contributed by atoms with van der Waals surface area (Å²) in [6.45, 7) is 0. The summed E-state index contributed by atoms with van der Waals surface area (Å²) in [5.74, 6) is -0.588. The van der Waals surface area contributed by atoms with E-state index in [0.717, 1.165) is 0 Å². The Morgan fingerprint density at radius 3 is 2.70 bits per heavy atom. The SMILES string of the molecule is N#Cc1ccc(Nc2c([N+](=O)[O-])ccc(Br)c2F)nc1. The molecular weight excluding hydrogens is 331 g/mol. The van der Waals surface area contributed by atoms with Gasteiger partial charge in [0.25, 0.3) is 5.69 Å². The Kier molecular flexibility index (Phi) is 3.91. The van der Waals surface area contributed by atoms with E-state index in [-0.39, 0.29) is 16.0 Å². The zero-order valence-corrected chi connectivity index (χ0v) is 11.4. The van der Waals surface area contributed by atoms with E-state index in [1.165, 1.54) is 30.5 Å². The highest BCUT2D eigenvalue weighted by Gasteiger charge is 2.20. The molecule has 1 aromatic heterocycles. The summed E-state index contributed by atoms with van der Waals surface area (Å²) in [5, 5.41) is 22.1. The molecule has 20 heavy (non-hydrogen) atoms. The molecule has 0 spiro atoms. The molecule has 2 rings (SSSR count). The standard InChI is InChI=1S/C12H6BrFN4O2/c13-8-2-3-9(18(19)20)12(11(8)14)17-10-4-1-7(5-15)6-16-10/h1-4,6H,(H,16,17). The normalized spacial score (nSPS) is 9.85. The minimum atomic E-state index is -0.787. The second-order valence-corrected chi connectivity index (χ2v) is 4.54. The lowest BCUT2D eigenvalue weighted by Crippen LogP contribution is -2.01. The van der Waals surface area contributed by atoms with Gasteiger partial charge in [0, 0.05) is 12.3 Å². The highest BCUT2D eigenvalue weighted by Crippen LogP contribution is 2.33. The molecule has 1 heterocycles. The number of aromatic nitrogens is 1. The number of nitriles is 1. The van der Waals surface area contributed by atoms with Gasteiger partial charge in [0.2, 0.25) is 0 Å². The minimum absolute atomic E-state index is 0.0965. The number of nitro benzene ring substituents is 1. The fourth-order valence-corrected chi connectivity index (χ4v) is 1.80. The van der Waals surface area contributed by atoms with Crippen molar-refractivity contribution in [1.82, 2.24) is 4.98 Å². The number of pyridine rings is 1. The van der Waals surface area contributed by atoms with Crippen LogP contribution in [0.5, 0.6) is 0 Å². The summed E-state index contributed by atoms with van der Waals surface area (Å²) in [4.78, 5) is 14.1. The van der Waals surface area contributed by atoms with Crippen LogP contribution in [0.4, 0.5) is 21.6 Å². The van der Waals surface area contributed by atoms with E-state index in [2.05, 4.69) is 26.2 Å². The van der Waals surface area contributed by atoms with Gasteiger partial charge in [0.1, 0.15) is 11.9 Å². The Morgan fingerprint density at radius 2 is 2.15 bits per heavy atom. The van der Waals surface area contributed by atoms with E-state index in [4.69, 9.17) is 5.26 Å². The second kappa shape index (κ2) is 5.63. The predicted octanol–water partition coefficient (Wildman–Crippen LogP) is 3.51. The molecule has 0 saturated heterocycles. The van der Waals surface area contributed by atoms with Crippen LogP contribution >= 0.6 is 15.9 Å². The van der Waals surface area contributed by atoms with Crippen molar-refractivity contribution in [3.8, 4) is 6.07 Å². The zero-order chi connectivity index (χ0) is 14.7. The quantitative estimate of drug-likeness (QED) is 0.683. The maximum absolute atomic E-state index is 14.0. The number of nitrogens with zero attached hydrogens (tertiary/aromatic N) is 3. The molecule has 0 saturated carbocycles. The smallest absolute Gasteiger partial charge is 0.295 e. The molecule has 0 fully saturated rings. The van der Waals surface area contributed by atoms with Crippen LogP contribution in [0, 0.1) is 27.3 Å². The molecule has 2 aromatic rings. The van der Waals surface area contributed by atoms with Crippen LogP contribution < -0.4 is 5.32 Å². The van der Waals surface area contributed by atoms with Gasteiger partial charge >= 0.3 is 0 Å². The number of hydrogen-bond donors (Lipinski definition) is 1. The molecule has 0 aliphatic heterocycles. The van der Waals surface area contributed by atoms with Crippen molar-refractivity contribution in [2.24, 2.45) is 0 Å². The average Bonchev–Trinajstić information content (AvgIpc) is 2.44. The van der Waals surface area contributed by atoms with Crippen molar-refractivity contribution < 1.29 is 9.31 Å². The molecule has 1 aromatic carbocycles. The fourth-order valence-electron chi connectivity index (χ4n) is 1.47. The first-order valence-corrected chi connectivity index (χ1v) is 6.08. The van der Waals surface area contributed by atoms with Gasteiger partial charge in [-0.2, -0.15) is 5.26 Å². The summed E-state index contributed by atoms with van der Waals surface area (Å²) in [6.07, 6.45) is 1.28. The Labute approximate surface area is 121 Å². The van der Waals surface area contributed by atoms with Gasteiger partial charge in [-0.1, -0.05) is 0 Å². The Morgan fingerprint density at radius 1 is 1.40 bits per heavy atom. The summed E-state index contributed by atoms with van der Waals surface area (Å²) in [6, 6.07) is 7.23. The van der Waals surface area contributed by atoms with Crippen LogP contribution in [0.3, 0.4) is 0 Å². The summed E-state index contributed by atoms with van der Waals surface area (Å²) in [7, 11) is 0. The molecule has 0 aliphatic rings. The molecule has 0 bridgehead atoms. The molecule has 0 atom stereocenters. The summed E-state index contributed by atoms with van der Waals surface area (Å²) in [5.41, 5.74) is -0.363. The van der Waals surface area contributed by atoms with Crippen molar-refractivity contribution in [2.75, 3.05) is 5.32 Å². The number of nitro groups is 1. The van der Waals surface area contributed by atoms with E-state index in [9.17, 15) is 14.5 Å². The van der Waals surface area contributed by atoms with E-state index in [0.29, 0.717) is 5.56 Å². The second-order valence-electron chi connectivity index (χ2n) is 3.68. The third kappa shape index (κ3) is 2.73. The van der Waals surface area contributed by atoms with Crippen LogP contribution in [0.15, 0.2) is 34.9 Å². The minimum Gasteiger partial charge on any atom is -0.332 e. The lowest BCUT2D eigenvalue weighted by atomic mass is 10.2. The van der Waals surface area contributed by atoms with E-state index in [1.54, 1.807) is 0 Å². The van der Waals surface area contributed by atoms with Crippen molar-refractivity contribution >= 4 is 33.1 Å². The highest BCUT2D eigenvalue weighted by atomic mass is 79.9. The van der Waals surface area contributed by atoms with Crippen molar-refractivity contribution in [3.05, 3.63) is 56.4 Å². The molecule has 6 nitrogen and oxygen atoms in total. The first-order valence-electron chi connectivity index (χ1n) is 5.28. The number of hydrogen-bond acceptors (Lipinski definition) is 5. The third-order valence-corrected chi connectivity index (χ3v) is 3.03. The molecule has 8 heteroatoms.